The number of hydrogen-bond acceptors (Lipinski definition) is 3. The fourth-order valence-corrected chi connectivity index (χ4v) is 5.16. The summed E-state index contributed by atoms with van der Waals surface area (Å²) in [5.74, 6) is -0.0868. The Labute approximate surface area is 229 Å². The third-order valence-corrected chi connectivity index (χ3v) is 7.03. The molecule has 39 heavy (non-hydrogen) atoms. The molecule has 0 unspecified atom stereocenters. The minimum Gasteiger partial charge on any atom is -0.351 e. The largest absolute Gasteiger partial charge is 0.416 e. The van der Waals surface area contributed by atoms with E-state index >= 15 is 0 Å². The molecule has 1 aliphatic rings. The second-order valence-corrected chi connectivity index (χ2v) is 9.64. The van der Waals surface area contributed by atoms with E-state index in [9.17, 15) is 18.0 Å². The molecule has 1 fully saturated rings. The van der Waals surface area contributed by atoms with Crippen LogP contribution >= 0.6 is 12.2 Å². The van der Waals surface area contributed by atoms with Crippen molar-refractivity contribution >= 4 is 34.6 Å². The van der Waals surface area contributed by atoms with Gasteiger partial charge < -0.3 is 20.1 Å². The number of aromatic nitrogens is 2. The minimum absolute atomic E-state index is 0.0868. The number of amides is 1. The predicted octanol–water partition coefficient (Wildman–Crippen LogP) is 6.73. The molecule has 2 atom stereocenters. The van der Waals surface area contributed by atoms with Crippen LogP contribution in [0.15, 0.2) is 85.2 Å². The lowest BCUT2D eigenvalue weighted by atomic mass is 10.00. The number of nitrogens with one attached hydrogen (secondary N) is 2. The zero-order valence-electron chi connectivity index (χ0n) is 21.2. The van der Waals surface area contributed by atoms with Gasteiger partial charge >= 0.3 is 6.18 Å². The van der Waals surface area contributed by atoms with Gasteiger partial charge in [-0.25, -0.2) is 0 Å². The number of thiocarbonyl (C=S) groups is 1. The highest BCUT2D eigenvalue weighted by Crippen LogP contribution is 2.43. The molecule has 0 spiro atoms. The standard InChI is InChI=1S/C29H26F3N5OS/c1-3-25(38)34-22-13-12-21(16-18(22)2)37-27(26(35-28(37)39)23-10-4-5-14-33-23)24-11-7-15-36(24)20-9-6-8-19(17-20)29(30,31)32/h4-17,26-27H,3H2,1-2H3,(H,34,38)(H,35,39)/t26-,27+/m0/s1. The molecule has 200 valence electrons. The molecule has 3 heterocycles. The summed E-state index contributed by atoms with van der Waals surface area (Å²) in [6.45, 7) is 3.69. The lowest BCUT2D eigenvalue weighted by Crippen LogP contribution is -2.30. The highest BCUT2D eigenvalue weighted by molar-refractivity contribution is 7.80. The molecule has 2 aromatic carbocycles. The van der Waals surface area contributed by atoms with Gasteiger partial charge in [0, 0.05) is 41.6 Å². The van der Waals surface area contributed by atoms with Crippen LogP contribution in [0, 0.1) is 6.92 Å². The van der Waals surface area contributed by atoms with Crippen LogP contribution in [0.3, 0.4) is 0 Å². The maximum absolute atomic E-state index is 13.5. The zero-order valence-corrected chi connectivity index (χ0v) is 22.1. The molecule has 0 aliphatic carbocycles. The summed E-state index contributed by atoms with van der Waals surface area (Å²) < 4.78 is 42.3. The summed E-state index contributed by atoms with van der Waals surface area (Å²) >= 11 is 5.80. The summed E-state index contributed by atoms with van der Waals surface area (Å²) in [6.07, 6.45) is -0.661. The Hall–Kier alpha value is -4.18. The van der Waals surface area contributed by atoms with Crippen LogP contribution < -0.4 is 15.5 Å². The summed E-state index contributed by atoms with van der Waals surface area (Å²) in [5, 5.41) is 6.73. The normalized spacial score (nSPS) is 17.3. The quantitative estimate of drug-likeness (QED) is 0.261. The molecule has 0 radical (unpaired) electrons. The first-order valence-corrected chi connectivity index (χ1v) is 12.8. The van der Waals surface area contributed by atoms with Crippen molar-refractivity contribution in [2.75, 3.05) is 10.2 Å². The lowest BCUT2D eigenvalue weighted by Gasteiger charge is -2.29. The molecule has 4 aromatic rings. The van der Waals surface area contributed by atoms with E-state index in [4.69, 9.17) is 12.2 Å². The monoisotopic (exact) mass is 549 g/mol. The fourth-order valence-electron chi connectivity index (χ4n) is 4.81. The third-order valence-electron chi connectivity index (χ3n) is 6.72. The van der Waals surface area contributed by atoms with Crippen molar-refractivity contribution < 1.29 is 18.0 Å². The topological polar surface area (TPSA) is 62.2 Å². The van der Waals surface area contributed by atoms with Gasteiger partial charge in [-0.1, -0.05) is 19.1 Å². The number of halogens is 3. The maximum Gasteiger partial charge on any atom is 0.416 e. The molecular formula is C29H26F3N5OS. The lowest BCUT2D eigenvalue weighted by molar-refractivity contribution is -0.137. The Kier molecular flexibility index (Phi) is 7.14. The number of nitrogens with zero attached hydrogens (tertiary/aromatic N) is 3. The number of carbonyl (C=O) groups excluding carboxylic acids is 1. The summed E-state index contributed by atoms with van der Waals surface area (Å²) in [7, 11) is 0. The number of aryl methyl sites for hydroxylation is 1. The Morgan fingerprint density at radius 1 is 1.05 bits per heavy atom. The molecule has 2 aromatic heterocycles. The van der Waals surface area contributed by atoms with Crippen LogP contribution in [0.2, 0.25) is 0 Å². The Morgan fingerprint density at radius 3 is 2.56 bits per heavy atom. The van der Waals surface area contributed by atoms with Gasteiger partial charge in [-0.2, -0.15) is 13.2 Å². The average Bonchev–Trinajstić information content (AvgIpc) is 3.54. The van der Waals surface area contributed by atoms with E-state index in [-0.39, 0.29) is 11.9 Å². The SMILES string of the molecule is CCC(=O)Nc1ccc(N2C(=S)N[C@@H](c3ccccn3)[C@H]2c2cccn2-c2cccc(C(F)(F)F)c2)cc1C. The number of alkyl halides is 3. The molecule has 1 aliphatic heterocycles. The van der Waals surface area contributed by atoms with E-state index in [2.05, 4.69) is 15.6 Å². The molecule has 10 heteroatoms. The first-order valence-electron chi connectivity index (χ1n) is 12.4. The van der Waals surface area contributed by atoms with Crippen LogP contribution in [0.5, 0.6) is 0 Å². The van der Waals surface area contributed by atoms with Crippen LogP contribution in [0.4, 0.5) is 24.5 Å². The van der Waals surface area contributed by atoms with Crippen molar-refractivity contribution in [3.8, 4) is 5.69 Å². The molecule has 0 saturated carbocycles. The first-order chi connectivity index (χ1) is 18.7. The van der Waals surface area contributed by atoms with Gasteiger partial charge in [0.1, 0.15) is 6.04 Å². The first kappa shape index (κ1) is 26.4. The van der Waals surface area contributed by atoms with Gasteiger partial charge in [-0.05, 0) is 85.4 Å². The molecule has 2 N–H and O–H groups in total. The number of benzene rings is 2. The summed E-state index contributed by atoms with van der Waals surface area (Å²) in [4.78, 5) is 18.5. The number of anilines is 2. The van der Waals surface area contributed by atoms with Gasteiger partial charge in [0.25, 0.3) is 0 Å². The van der Waals surface area contributed by atoms with E-state index in [1.54, 1.807) is 36.0 Å². The number of hydrogen-bond donors (Lipinski definition) is 2. The van der Waals surface area contributed by atoms with E-state index in [1.807, 2.05) is 54.3 Å². The van der Waals surface area contributed by atoms with Gasteiger partial charge in [0.2, 0.25) is 5.91 Å². The smallest absolute Gasteiger partial charge is 0.351 e. The van der Waals surface area contributed by atoms with Gasteiger partial charge in [0.15, 0.2) is 5.11 Å². The van der Waals surface area contributed by atoms with E-state index in [1.165, 1.54) is 6.07 Å². The van der Waals surface area contributed by atoms with Gasteiger partial charge in [-0.15, -0.1) is 0 Å². The Morgan fingerprint density at radius 2 is 1.87 bits per heavy atom. The molecular weight excluding hydrogens is 523 g/mol. The van der Waals surface area contributed by atoms with Crippen molar-refractivity contribution in [1.29, 1.82) is 0 Å². The fraction of sp³-hybridized carbons (Fsp3) is 0.207. The zero-order chi connectivity index (χ0) is 27.7. The average molecular weight is 550 g/mol. The number of rotatable bonds is 6. The molecule has 0 bridgehead atoms. The summed E-state index contributed by atoms with van der Waals surface area (Å²) in [6, 6.07) is 19.4. The van der Waals surface area contributed by atoms with E-state index < -0.39 is 17.8 Å². The minimum atomic E-state index is -4.46. The highest BCUT2D eigenvalue weighted by atomic mass is 32.1. The van der Waals surface area contributed by atoms with Crippen LogP contribution in [0.25, 0.3) is 5.69 Å². The van der Waals surface area contributed by atoms with Crippen LogP contribution in [-0.4, -0.2) is 20.6 Å². The third kappa shape index (κ3) is 5.24. The van der Waals surface area contributed by atoms with Crippen molar-refractivity contribution in [3.05, 3.63) is 108 Å². The van der Waals surface area contributed by atoms with Crippen molar-refractivity contribution in [1.82, 2.24) is 14.9 Å². The maximum atomic E-state index is 13.5. The molecule has 1 amide bonds. The highest BCUT2D eigenvalue weighted by Gasteiger charge is 2.42. The second-order valence-electron chi connectivity index (χ2n) is 9.25. The Bertz CT molecular complexity index is 1520. The molecule has 5 rings (SSSR count). The van der Waals surface area contributed by atoms with Gasteiger partial charge in [-0.3, -0.25) is 9.78 Å². The van der Waals surface area contributed by atoms with E-state index in [0.29, 0.717) is 22.9 Å². The van der Waals surface area contributed by atoms with Crippen LogP contribution in [-0.2, 0) is 11.0 Å². The van der Waals surface area contributed by atoms with Crippen molar-refractivity contribution in [2.24, 2.45) is 0 Å². The molecule has 1 saturated heterocycles. The molecule has 6 nitrogen and oxygen atoms in total. The number of carbonyl (C=O) groups is 1. The summed E-state index contributed by atoms with van der Waals surface area (Å²) in [5.41, 5.74) is 3.47. The van der Waals surface area contributed by atoms with Crippen molar-refractivity contribution in [2.45, 2.75) is 38.5 Å². The Balaban J connectivity index is 1.62. The van der Waals surface area contributed by atoms with Crippen LogP contribution in [0.1, 0.15) is 47.9 Å². The van der Waals surface area contributed by atoms with E-state index in [0.717, 1.165) is 34.8 Å². The number of pyridine rings is 1. The van der Waals surface area contributed by atoms with Gasteiger partial charge in [0.05, 0.1) is 17.3 Å². The van der Waals surface area contributed by atoms with Crippen molar-refractivity contribution in [3.63, 3.8) is 0 Å². The predicted molar refractivity (Wildman–Crippen MR) is 149 cm³/mol. The second kappa shape index (κ2) is 10.5.